The maximum Gasteiger partial charge on any atom is 0.251 e. The number of aliphatic hydroxyl groups excluding tert-OH is 1. The highest BCUT2D eigenvalue weighted by Gasteiger charge is 2.17. The van der Waals surface area contributed by atoms with Crippen LogP contribution in [0, 0.1) is 11.8 Å². The molecule has 0 atom stereocenters. The van der Waals surface area contributed by atoms with Gasteiger partial charge in [0.05, 0.1) is 43.6 Å². The predicted molar refractivity (Wildman–Crippen MR) is 541 cm³/mol. The molecule has 0 spiro atoms. The number of nitrogens with zero attached hydrogens (tertiary/aromatic N) is 3. The molecule has 0 saturated carbocycles. The van der Waals surface area contributed by atoms with Gasteiger partial charge in [-0.1, -0.05) is 315 Å². The number of ether oxygens (including phenoxy) is 2. The van der Waals surface area contributed by atoms with Gasteiger partial charge in [0.1, 0.15) is 5.75 Å². The van der Waals surface area contributed by atoms with Gasteiger partial charge in [-0.05, 0) is 274 Å². The van der Waals surface area contributed by atoms with Crippen LogP contribution in [0.4, 0.5) is 0 Å². The third-order valence-electron chi connectivity index (χ3n) is 22.2. The first-order valence-corrected chi connectivity index (χ1v) is 49.6. The fraction of sp³-hybridized carbons (Fsp3) is 0.504. The van der Waals surface area contributed by atoms with E-state index in [9.17, 15) is 13.2 Å². The van der Waals surface area contributed by atoms with Crippen LogP contribution in [0.25, 0.3) is 0 Å². The number of rotatable bonds is 28. The molecule has 126 heavy (non-hydrogen) atoms. The van der Waals surface area contributed by atoms with E-state index in [2.05, 4.69) is 346 Å². The average molecular weight is 1750 g/mol. The first-order valence-electron chi connectivity index (χ1n) is 47.3. The molecule has 3 N–H and O–H groups in total. The van der Waals surface area contributed by atoms with E-state index < -0.39 is 10.0 Å². The molecule has 0 unspecified atom stereocenters. The Morgan fingerprint density at radius 1 is 0.421 bits per heavy atom. The standard InChI is InChI=1S/C18H22N2O.C15H25NO4S.C13H18.2C12H18.2C11H17N.C11H14O.C10H16S/c1-14(2)6-7-15-8-10-16(11-9-15)18(21)20-13-17-5-3-4-12-19-17;1-13(2)3-4-14-5-7-15(8-6-14)21(18,19)16-9-11-20-12-10-17;1-10(2)12-8-7-11-5-3-4-6-13(11)9-12;1-9(2)11-5-7-12(8-6-11)10(3)4;1-9(2)11-6-5-7-12(8-11)10(3)4;1-8(2)10-5-6-11(9(3)4)12-7-10;1-8(2)10-6-5-7-11(12-10)9(3)4;1-8(2)9-3-4-11-10(7-9)5-6-12-11;1-7(2)9-5-6-10(11-9)8(3)4/h3-5,8-12,14H,6-7,13H2,1-2H3,(H,20,21);5-8,13,16-17H,3-4,9-12H2,1-2H3;7-10H,3-6H2,1-2H3;2*5-10H,1-4H3;2*5-9H,1-4H3;3-4,7-8H,5-6H2,1-2H3;5-8H,1-4H3. The maximum atomic E-state index is 12.1. The molecule has 0 saturated heterocycles. The lowest BCUT2D eigenvalue weighted by atomic mass is 9.88. The Labute approximate surface area is 770 Å². The van der Waals surface area contributed by atoms with E-state index >= 15 is 0 Å². The van der Waals surface area contributed by atoms with Crippen LogP contribution in [-0.4, -0.2) is 67.4 Å². The minimum atomic E-state index is -3.49. The lowest BCUT2D eigenvalue weighted by Crippen LogP contribution is -2.27. The van der Waals surface area contributed by atoms with Gasteiger partial charge < -0.3 is 19.9 Å². The van der Waals surface area contributed by atoms with Gasteiger partial charge in [0.2, 0.25) is 10.0 Å². The van der Waals surface area contributed by atoms with Crippen molar-refractivity contribution in [3.8, 4) is 5.75 Å². The van der Waals surface area contributed by atoms with E-state index in [1.165, 1.54) is 109 Å². The highest BCUT2D eigenvalue weighted by atomic mass is 32.2. The van der Waals surface area contributed by atoms with Crippen LogP contribution in [0.3, 0.4) is 0 Å². The Bertz CT molecular complexity index is 4480. The summed E-state index contributed by atoms with van der Waals surface area (Å²) in [6, 6.07) is 67.0. The number of hydrogen-bond acceptors (Lipinski definition) is 10. The van der Waals surface area contributed by atoms with Crippen molar-refractivity contribution >= 4 is 27.3 Å². The van der Waals surface area contributed by atoms with Crippen molar-refractivity contribution in [3.05, 3.63) is 311 Å². The van der Waals surface area contributed by atoms with Gasteiger partial charge in [-0.15, -0.1) is 11.3 Å². The zero-order chi connectivity index (χ0) is 93.6. The van der Waals surface area contributed by atoms with Crippen molar-refractivity contribution in [1.29, 1.82) is 0 Å². The van der Waals surface area contributed by atoms with Crippen molar-refractivity contribution in [3.63, 3.8) is 0 Å². The number of benzene rings is 6. The maximum absolute atomic E-state index is 12.1. The van der Waals surface area contributed by atoms with Crippen molar-refractivity contribution in [1.82, 2.24) is 25.0 Å². The first kappa shape index (κ1) is 110. The lowest BCUT2D eigenvalue weighted by Gasteiger charge is -2.17. The molecule has 0 fully saturated rings. The summed E-state index contributed by atoms with van der Waals surface area (Å²) in [7, 11) is -3.49. The number of aliphatic hydroxyl groups is 1. The summed E-state index contributed by atoms with van der Waals surface area (Å²) in [6.45, 7) is 63.9. The minimum Gasteiger partial charge on any atom is -0.493 e. The highest BCUT2D eigenvalue weighted by Crippen LogP contribution is 2.32. The Kier molecular flexibility index (Phi) is 51.4. The van der Waals surface area contributed by atoms with Crippen molar-refractivity contribution in [2.45, 2.75) is 334 Å². The molecule has 1 amide bonds. The van der Waals surface area contributed by atoms with Gasteiger partial charge in [-0.25, -0.2) is 13.1 Å². The molecule has 2 aliphatic rings. The number of carbonyl (C=O) groups excluding carboxylic acids is 1. The number of hydrogen-bond donors (Lipinski definition) is 3. The summed E-state index contributed by atoms with van der Waals surface area (Å²) in [5.74, 6) is 9.78. The number of aryl methyl sites for hydroxylation is 4. The van der Waals surface area contributed by atoms with E-state index in [-0.39, 0.29) is 37.2 Å². The summed E-state index contributed by atoms with van der Waals surface area (Å²) in [4.78, 5) is 28.5. The van der Waals surface area contributed by atoms with Crippen LogP contribution in [0.5, 0.6) is 5.75 Å². The van der Waals surface area contributed by atoms with Gasteiger partial charge in [-0.3, -0.25) is 19.7 Å². The molecule has 0 radical (unpaired) electrons. The number of fused-ring (bicyclic) bond motifs is 2. The zero-order valence-electron chi connectivity index (χ0n) is 83.0. The zero-order valence-corrected chi connectivity index (χ0v) is 84.6. The van der Waals surface area contributed by atoms with Crippen LogP contribution >= 0.6 is 11.3 Å². The van der Waals surface area contributed by atoms with Crippen LogP contribution in [-0.2, 0) is 53.4 Å². The number of thiophene rings is 1. The Morgan fingerprint density at radius 3 is 1.31 bits per heavy atom. The average Bonchev–Trinajstić information content (AvgIpc) is 1.50. The van der Waals surface area contributed by atoms with Crippen molar-refractivity contribution in [2.75, 3.05) is 33.0 Å². The number of aromatic nitrogens is 3. The molecule has 10 aromatic rings. The normalized spacial score (nSPS) is 12.1. The second kappa shape index (κ2) is 58.9. The summed E-state index contributed by atoms with van der Waals surface area (Å²) < 4.78 is 37.0. The molecule has 11 nitrogen and oxygen atoms in total. The number of pyridine rings is 3. The molecule has 0 bridgehead atoms. The predicted octanol–water partition coefficient (Wildman–Crippen LogP) is 30.1. The summed E-state index contributed by atoms with van der Waals surface area (Å²) in [5, 5.41) is 11.4. The molecule has 1 aliphatic heterocycles. The first-order chi connectivity index (χ1) is 59.7. The van der Waals surface area contributed by atoms with Gasteiger partial charge in [0, 0.05) is 57.8 Å². The van der Waals surface area contributed by atoms with Gasteiger partial charge in [0.15, 0.2) is 0 Å². The topological polar surface area (TPSA) is 153 Å². The van der Waals surface area contributed by atoms with Crippen LogP contribution in [0.15, 0.2) is 211 Å². The van der Waals surface area contributed by atoms with E-state index in [0.717, 1.165) is 49.3 Å². The summed E-state index contributed by atoms with van der Waals surface area (Å²) in [5.41, 5.74) is 22.1. The minimum absolute atomic E-state index is 0.0592. The quantitative estimate of drug-likeness (QED) is 0.0407. The van der Waals surface area contributed by atoms with E-state index in [1.54, 1.807) is 29.5 Å². The smallest absolute Gasteiger partial charge is 0.251 e. The fourth-order valence-corrected chi connectivity index (χ4v) is 15.3. The molecule has 13 heteroatoms. The molecular weight excluding hydrogens is 1590 g/mol. The molecule has 690 valence electrons. The molecule has 6 aromatic carbocycles. The van der Waals surface area contributed by atoms with Gasteiger partial charge >= 0.3 is 0 Å². The number of nitrogens with one attached hydrogen (secondary N) is 2. The second-order valence-electron chi connectivity index (χ2n) is 38.1. The van der Waals surface area contributed by atoms with Crippen LogP contribution in [0.2, 0.25) is 0 Å². The third kappa shape index (κ3) is 42.7. The van der Waals surface area contributed by atoms with Gasteiger partial charge in [0.25, 0.3) is 5.91 Å². The van der Waals surface area contributed by atoms with E-state index in [4.69, 9.17) is 14.6 Å². The Balaban J connectivity index is 0.000000300. The third-order valence-corrected chi connectivity index (χ3v) is 25.3. The van der Waals surface area contributed by atoms with Crippen molar-refractivity contribution in [2.24, 2.45) is 11.8 Å². The van der Waals surface area contributed by atoms with Crippen molar-refractivity contribution < 1.29 is 27.8 Å². The van der Waals surface area contributed by atoms with Gasteiger partial charge in [-0.2, -0.15) is 0 Å². The second-order valence-corrected chi connectivity index (χ2v) is 41.0. The SMILES string of the molecule is CC(C)CCc1ccc(C(=O)NCc2ccccn2)cc1.CC(C)CCc1ccc(S(=O)(=O)NCCOCCO)cc1.CC(C)c1ccc(C(C)C)cc1.CC(C)c1ccc(C(C)C)nc1.CC(C)c1ccc(C(C)C)s1.CC(C)c1ccc2c(c1)CCCC2.CC(C)c1ccc2c(c1)CCO2.CC(C)c1cccc(C(C)C)c1.CC(C)c1cccc(C(C)C)n1. The number of sulfonamides is 1. The van der Waals surface area contributed by atoms with Crippen LogP contribution in [0.1, 0.15) is 400 Å². The molecule has 12 rings (SSSR count). The van der Waals surface area contributed by atoms with E-state index in [0.29, 0.717) is 95.0 Å². The number of carbonyl (C=O) groups is 1. The molecule has 4 aromatic heterocycles. The summed E-state index contributed by atoms with van der Waals surface area (Å²) in [6.07, 6.45) is 14.4. The molecular formula is C113H165N5O6S2. The lowest BCUT2D eigenvalue weighted by molar-refractivity contribution is 0.0950. The van der Waals surface area contributed by atoms with E-state index in [1.807, 2.05) is 72.1 Å². The van der Waals surface area contributed by atoms with Crippen LogP contribution < -0.4 is 14.8 Å². The Morgan fingerprint density at radius 2 is 0.873 bits per heavy atom. The summed E-state index contributed by atoms with van der Waals surface area (Å²) >= 11 is 1.95. The fourth-order valence-electron chi connectivity index (χ4n) is 13.3. The Hall–Kier alpha value is -8.43. The largest absolute Gasteiger partial charge is 0.493 e. The molecule has 1 aliphatic carbocycles. The number of amides is 1. The molecule has 5 heterocycles. The monoisotopic (exact) mass is 1750 g/mol. The highest BCUT2D eigenvalue weighted by molar-refractivity contribution is 7.89.